The van der Waals surface area contributed by atoms with Gasteiger partial charge < -0.3 is 14.4 Å². The Balaban J connectivity index is 1.93. The van der Waals surface area contributed by atoms with Crippen LogP contribution in [0.15, 0.2) is 54.1 Å². The summed E-state index contributed by atoms with van der Waals surface area (Å²) in [5.74, 6) is -0.360. The molecule has 5 heteroatoms. The van der Waals surface area contributed by atoms with E-state index in [-0.39, 0.29) is 12.5 Å². The molecule has 2 aromatic rings. The molecular formula is C22H23NO4. The van der Waals surface area contributed by atoms with Crippen LogP contribution in [0.1, 0.15) is 23.6 Å². The van der Waals surface area contributed by atoms with Crippen molar-refractivity contribution in [1.29, 1.82) is 0 Å². The summed E-state index contributed by atoms with van der Waals surface area (Å²) < 4.78 is 10.8. The molecule has 27 heavy (non-hydrogen) atoms. The highest BCUT2D eigenvalue weighted by Crippen LogP contribution is 2.35. The second kappa shape index (κ2) is 8.18. The summed E-state index contributed by atoms with van der Waals surface area (Å²) in [4.78, 5) is 26.0. The summed E-state index contributed by atoms with van der Waals surface area (Å²) in [6.45, 7) is 2.42. The molecule has 3 rings (SSSR count). The average molecular weight is 365 g/mol. The minimum absolute atomic E-state index is 0.0396. The van der Waals surface area contributed by atoms with Crippen LogP contribution in [0.25, 0.3) is 5.57 Å². The monoisotopic (exact) mass is 365 g/mol. The molecule has 1 amide bonds. The number of anilines is 1. The SMILES string of the molecule is COC(=O)/C(C)=C(/COCc1ccccc1)c1cccc2c1CC(=O)N2C. The number of ether oxygens (including phenoxy) is 2. The standard InChI is InChI=1S/C22H23NO4/c1-15(22(25)26-3)19(14-27-13-16-8-5-4-6-9-16)17-10-7-11-20-18(17)12-21(24)23(20)2/h4-11H,12-14H2,1-3H3/b19-15-. The van der Waals surface area contributed by atoms with Crippen molar-refractivity contribution in [2.75, 3.05) is 25.7 Å². The Hall–Kier alpha value is -2.92. The Kier molecular flexibility index (Phi) is 5.72. The topological polar surface area (TPSA) is 55.8 Å². The van der Waals surface area contributed by atoms with Crippen molar-refractivity contribution in [2.45, 2.75) is 20.0 Å². The molecule has 1 aliphatic heterocycles. The Morgan fingerprint density at radius 3 is 2.56 bits per heavy atom. The third kappa shape index (κ3) is 3.93. The lowest BCUT2D eigenvalue weighted by Crippen LogP contribution is -2.20. The van der Waals surface area contributed by atoms with Crippen molar-refractivity contribution in [3.05, 3.63) is 70.8 Å². The number of nitrogens with zero attached hydrogens (tertiary/aromatic N) is 1. The van der Waals surface area contributed by atoms with Crippen molar-refractivity contribution >= 4 is 23.1 Å². The molecule has 0 saturated carbocycles. The average Bonchev–Trinajstić information content (AvgIpc) is 2.99. The number of amides is 1. The van der Waals surface area contributed by atoms with E-state index in [4.69, 9.17) is 9.47 Å². The number of likely N-dealkylation sites (N-methyl/N-ethyl adjacent to an activating group) is 1. The number of hydrogen-bond donors (Lipinski definition) is 0. The predicted molar refractivity (Wildman–Crippen MR) is 104 cm³/mol. The van der Waals surface area contributed by atoms with Gasteiger partial charge in [0.1, 0.15) is 0 Å². The number of benzene rings is 2. The molecule has 1 heterocycles. The lowest BCUT2D eigenvalue weighted by molar-refractivity contribution is -0.136. The van der Waals surface area contributed by atoms with E-state index in [0.29, 0.717) is 18.6 Å². The fraction of sp³-hybridized carbons (Fsp3) is 0.273. The second-order valence-corrected chi connectivity index (χ2v) is 6.51. The molecule has 0 aromatic heterocycles. The third-order valence-corrected chi connectivity index (χ3v) is 4.84. The van der Waals surface area contributed by atoms with E-state index in [2.05, 4.69) is 0 Å². The van der Waals surface area contributed by atoms with Crippen LogP contribution >= 0.6 is 0 Å². The normalized spacial score (nSPS) is 14.0. The molecule has 0 unspecified atom stereocenters. The zero-order valence-corrected chi connectivity index (χ0v) is 15.8. The van der Waals surface area contributed by atoms with Crippen molar-refractivity contribution in [2.24, 2.45) is 0 Å². The van der Waals surface area contributed by atoms with E-state index in [1.165, 1.54) is 7.11 Å². The summed E-state index contributed by atoms with van der Waals surface area (Å²) in [5, 5.41) is 0. The van der Waals surface area contributed by atoms with Gasteiger partial charge in [-0.15, -0.1) is 0 Å². The van der Waals surface area contributed by atoms with E-state index in [1.54, 1.807) is 18.9 Å². The van der Waals surface area contributed by atoms with Crippen LogP contribution in [-0.4, -0.2) is 32.6 Å². The molecular weight excluding hydrogens is 342 g/mol. The van der Waals surface area contributed by atoms with Crippen LogP contribution in [-0.2, 0) is 32.1 Å². The van der Waals surface area contributed by atoms with Gasteiger partial charge in [-0.05, 0) is 35.3 Å². The van der Waals surface area contributed by atoms with Crippen molar-refractivity contribution in [1.82, 2.24) is 0 Å². The molecule has 140 valence electrons. The molecule has 0 spiro atoms. The van der Waals surface area contributed by atoms with Crippen LogP contribution in [0.2, 0.25) is 0 Å². The third-order valence-electron chi connectivity index (χ3n) is 4.84. The van der Waals surface area contributed by atoms with E-state index in [0.717, 1.165) is 28.0 Å². The smallest absolute Gasteiger partial charge is 0.333 e. The van der Waals surface area contributed by atoms with Gasteiger partial charge in [0.25, 0.3) is 0 Å². The number of hydrogen-bond acceptors (Lipinski definition) is 4. The number of fused-ring (bicyclic) bond motifs is 1. The maximum absolute atomic E-state index is 12.2. The molecule has 0 fully saturated rings. The van der Waals surface area contributed by atoms with E-state index < -0.39 is 5.97 Å². The lowest BCUT2D eigenvalue weighted by atomic mass is 9.94. The Bertz CT molecular complexity index is 886. The Morgan fingerprint density at radius 1 is 1.11 bits per heavy atom. The summed E-state index contributed by atoms with van der Waals surface area (Å²) >= 11 is 0. The Morgan fingerprint density at radius 2 is 1.85 bits per heavy atom. The highest BCUT2D eigenvalue weighted by atomic mass is 16.5. The first kappa shape index (κ1) is 18.9. The van der Waals surface area contributed by atoms with Crippen LogP contribution in [0.4, 0.5) is 5.69 Å². The van der Waals surface area contributed by atoms with E-state index in [1.807, 2.05) is 48.5 Å². The summed E-state index contributed by atoms with van der Waals surface area (Å²) in [5.41, 5.74) is 4.95. The fourth-order valence-corrected chi connectivity index (χ4v) is 3.27. The lowest BCUT2D eigenvalue weighted by Gasteiger charge is -2.16. The maximum atomic E-state index is 12.2. The molecule has 0 bridgehead atoms. The van der Waals surface area contributed by atoms with E-state index >= 15 is 0 Å². The number of esters is 1. The zero-order valence-electron chi connectivity index (χ0n) is 15.8. The quantitative estimate of drug-likeness (QED) is 0.582. The first-order valence-corrected chi connectivity index (χ1v) is 8.81. The first-order valence-electron chi connectivity index (χ1n) is 8.81. The van der Waals surface area contributed by atoms with Gasteiger partial charge >= 0.3 is 5.97 Å². The molecule has 0 radical (unpaired) electrons. The van der Waals surface area contributed by atoms with Crippen molar-refractivity contribution in [3.8, 4) is 0 Å². The molecule has 0 aliphatic carbocycles. The maximum Gasteiger partial charge on any atom is 0.333 e. The van der Waals surface area contributed by atoms with Gasteiger partial charge in [0.15, 0.2) is 0 Å². The van der Waals surface area contributed by atoms with Crippen molar-refractivity contribution in [3.63, 3.8) is 0 Å². The number of methoxy groups -OCH3 is 1. The molecule has 5 nitrogen and oxygen atoms in total. The van der Waals surface area contributed by atoms with Gasteiger partial charge in [-0.25, -0.2) is 4.79 Å². The van der Waals surface area contributed by atoms with Crippen LogP contribution in [0.3, 0.4) is 0 Å². The van der Waals surface area contributed by atoms with Crippen LogP contribution in [0, 0.1) is 0 Å². The number of carbonyl (C=O) groups excluding carboxylic acids is 2. The molecule has 2 aromatic carbocycles. The minimum Gasteiger partial charge on any atom is -0.466 e. The van der Waals surface area contributed by atoms with Gasteiger partial charge in [-0.1, -0.05) is 42.5 Å². The second-order valence-electron chi connectivity index (χ2n) is 6.51. The van der Waals surface area contributed by atoms with Gasteiger partial charge in [0, 0.05) is 18.3 Å². The summed E-state index contributed by atoms with van der Waals surface area (Å²) in [7, 11) is 3.13. The molecule has 0 atom stereocenters. The molecule has 1 aliphatic rings. The highest BCUT2D eigenvalue weighted by Gasteiger charge is 2.28. The predicted octanol–water partition coefficient (Wildman–Crippen LogP) is 3.37. The minimum atomic E-state index is -0.399. The number of carbonyl (C=O) groups is 2. The van der Waals surface area contributed by atoms with Gasteiger partial charge in [0.2, 0.25) is 5.91 Å². The highest BCUT2D eigenvalue weighted by molar-refractivity contribution is 6.04. The van der Waals surface area contributed by atoms with Gasteiger partial charge in [0.05, 0.1) is 26.7 Å². The summed E-state index contributed by atoms with van der Waals surface area (Å²) in [6, 6.07) is 15.6. The van der Waals surface area contributed by atoms with Gasteiger partial charge in [-0.2, -0.15) is 0 Å². The van der Waals surface area contributed by atoms with Crippen molar-refractivity contribution < 1.29 is 19.1 Å². The van der Waals surface area contributed by atoms with Crippen LogP contribution < -0.4 is 4.90 Å². The molecule has 0 N–H and O–H groups in total. The van der Waals surface area contributed by atoms with E-state index in [9.17, 15) is 9.59 Å². The zero-order chi connectivity index (χ0) is 19.4. The van der Waals surface area contributed by atoms with Gasteiger partial charge in [-0.3, -0.25) is 4.79 Å². The summed E-state index contributed by atoms with van der Waals surface area (Å²) in [6.07, 6.45) is 0.318. The fourth-order valence-electron chi connectivity index (χ4n) is 3.27. The number of rotatable bonds is 6. The Labute approximate surface area is 159 Å². The largest absolute Gasteiger partial charge is 0.466 e. The van der Waals surface area contributed by atoms with Crippen LogP contribution in [0.5, 0.6) is 0 Å². The first-order chi connectivity index (χ1) is 13.0. The molecule has 0 saturated heterocycles.